The molecule has 2 N–H and O–H groups in total. The lowest BCUT2D eigenvalue weighted by Crippen LogP contribution is -2.17. The van der Waals surface area contributed by atoms with Crippen molar-refractivity contribution in [1.82, 2.24) is 5.43 Å². The summed E-state index contributed by atoms with van der Waals surface area (Å²) in [7, 11) is 0. The molecule has 5 nitrogen and oxygen atoms in total. The summed E-state index contributed by atoms with van der Waals surface area (Å²) in [5.41, 5.74) is 3.69. The smallest absolute Gasteiger partial charge is 0.335 e. The third-order valence-electron chi connectivity index (χ3n) is 2.64. The average Bonchev–Trinajstić information content (AvgIpc) is 2.48. The molecule has 0 fully saturated rings. The fraction of sp³-hybridized carbons (Fsp3) is 0. The van der Waals surface area contributed by atoms with Gasteiger partial charge in [0.1, 0.15) is 0 Å². The predicted octanol–water partition coefficient (Wildman–Crippen LogP) is 2.80. The molecular formula is C15H11ClN2O3. The number of benzene rings is 2. The monoisotopic (exact) mass is 302 g/mol. The molecule has 6 heteroatoms. The highest BCUT2D eigenvalue weighted by Gasteiger charge is 2.03. The van der Waals surface area contributed by atoms with E-state index in [1.54, 1.807) is 36.4 Å². The quantitative estimate of drug-likeness (QED) is 0.673. The van der Waals surface area contributed by atoms with Gasteiger partial charge in [-0.1, -0.05) is 23.7 Å². The third-order valence-corrected chi connectivity index (χ3v) is 2.90. The van der Waals surface area contributed by atoms with Crippen LogP contribution in [0.4, 0.5) is 0 Å². The van der Waals surface area contributed by atoms with Gasteiger partial charge in [0.2, 0.25) is 0 Å². The second kappa shape index (κ2) is 6.67. The van der Waals surface area contributed by atoms with Gasteiger partial charge in [0.25, 0.3) is 5.91 Å². The number of nitrogens with zero attached hydrogens (tertiary/aromatic N) is 1. The molecule has 2 aromatic rings. The van der Waals surface area contributed by atoms with Crippen LogP contribution in [0, 0.1) is 0 Å². The van der Waals surface area contributed by atoms with Gasteiger partial charge in [0.05, 0.1) is 11.8 Å². The highest BCUT2D eigenvalue weighted by Crippen LogP contribution is 2.09. The lowest BCUT2D eigenvalue weighted by molar-refractivity contribution is 0.0696. The van der Waals surface area contributed by atoms with Crippen molar-refractivity contribution in [2.75, 3.05) is 0 Å². The molecule has 21 heavy (non-hydrogen) atoms. The van der Waals surface area contributed by atoms with Gasteiger partial charge in [-0.05, 0) is 42.0 Å². The highest BCUT2D eigenvalue weighted by molar-refractivity contribution is 6.30. The first-order valence-electron chi connectivity index (χ1n) is 5.98. The first kappa shape index (κ1) is 14.7. The number of carbonyl (C=O) groups is 2. The number of nitrogens with one attached hydrogen (secondary N) is 1. The minimum absolute atomic E-state index is 0.192. The zero-order valence-electron chi connectivity index (χ0n) is 10.8. The van der Waals surface area contributed by atoms with Crippen molar-refractivity contribution in [3.05, 3.63) is 70.2 Å². The Kier molecular flexibility index (Phi) is 4.68. The SMILES string of the molecule is O=C(O)c1ccc(C=NNC(=O)c2ccc(Cl)cc2)cc1. The summed E-state index contributed by atoms with van der Waals surface area (Å²) in [5.74, 6) is -1.35. The molecule has 106 valence electrons. The molecule has 0 aliphatic carbocycles. The molecule has 2 aromatic carbocycles. The standard InChI is InChI=1S/C15H11ClN2O3/c16-13-7-5-11(6-8-13)14(19)18-17-9-10-1-3-12(4-2-10)15(20)21/h1-9H,(H,18,19)(H,20,21). The van der Waals surface area contributed by atoms with Crippen molar-refractivity contribution >= 4 is 29.7 Å². The van der Waals surface area contributed by atoms with Crippen molar-refractivity contribution < 1.29 is 14.7 Å². The maximum Gasteiger partial charge on any atom is 0.335 e. The van der Waals surface area contributed by atoms with E-state index in [4.69, 9.17) is 16.7 Å². The number of hydrogen-bond donors (Lipinski definition) is 2. The van der Waals surface area contributed by atoms with E-state index in [1.807, 2.05) is 0 Å². The maximum absolute atomic E-state index is 11.7. The van der Waals surface area contributed by atoms with Gasteiger partial charge in [-0.25, -0.2) is 10.2 Å². The Bertz CT molecular complexity index is 679. The minimum Gasteiger partial charge on any atom is -0.478 e. The second-order valence-electron chi connectivity index (χ2n) is 4.13. The van der Waals surface area contributed by atoms with Gasteiger partial charge < -0.3 is 5.11 Å². The van der Waals surface area contributed by atoms with Gasteiger partial charge in [0, 0.05) is 10.6 Å². The van der Waals surface area contributed by atoms with E-state index in [9.17, 15) is 9.59 Å². The Balaban J connectivity index is 1.97. The first-order valence-corrected chi connectivity index (χ1v) is 6.36. The fourth-order valence-corrected chi connectivity index (χ4v) is 1.67. The van der Waals surface area contributed by atoms with Gasteiger partial charge in [-0.15, -0.1) is 0 Å². The fourth-order valence-electron chi connectivity index (χ4n) is 1.54. The van der Waals surface area contributed by atoms with E-state index in [1.165, 1.54) is 18.3 Å². The molecule has 2 rings (SSSR count). The Hall–Kier alpha value is -2.66. The van der Waals surface area contributed by atoms with Crippen LogP contribution in [0.15, 0.2) is 53.6 Å². The zero-order valence-corrected chi connectivity index (χ0v) is 11.5. The number of carboxylic acid groups (broad SMARTS) is 1. The van der Waals surface area contributed by atoms with E-state index < -0.39 is 5.97 Å². The van der Waals surface area contributed by atoms with E-state index >= 15 is 0 Å². The molecule has 0 aliphatic rings. The topological polar surface area (TPSA) is 78.8 Å². The number of carboxylic acids is 1. The largest absolute Gasteiger partial charge is 0.478 e. The lowest BCUT2D eigenvalue weighted by atomic mass is 10.1. The van der Waals surface area contributed by atoms with Crippen LogP contribution >= 0.6 is 11.6 Å². The average molecular weight is 303 g/mol. The van der Waals surface area contributed by atoms with Crippen LogP contribution in [-0.4, -0.2) is 23.2 Å². The number of hydrogen-bond acceptors (Lipinski definition) is 3. The number of halogens is 1. The number of aromatic carboxylic acids is 1. The van der Waals surface area contributed by atoms with Crippen LogP contribution in [0.2, 0.25) is 5.02 Å². The van der Waals surface area contributed by atoms with E-state index in [2.05, 4.69) is 10.5 Å². The summed E-state index contributed by atoms with van der Waals surface area (Å²) < 4.78 is 0. The molecule has 0 bridgehead atoms. The molecular weight excluding hydrogens is 292 g/mol. The summed E-state index contributed by atoms with van der Waals surface area (Å²) in [6.45, 7) is 0. The van der Waals surface area contributed by atoms with E-state index in [0.717, 1.165) is 0 Å². The lowest BCUT2D eigenvalue weighted by Gasteiger charge is -2.00. The Labute approximate surface area is 125 Å². The van der Waals surface area contributed by atoms with Crippen LogP contribution < -0.4 is 5.43 Å². The number of amides is 1. The third kappa shape index (κ3) is 4.15. The summed E-state index contributed by atoms with van der Waals surface area (Å²) >= 11 is 5.73. The first-order chi connectivity index (χ1) is 10.1. The predicted molar refractivity (Wildman–Crippen MR) is 79.9 cm³/mol. The molecule has 0 saturated heterocycles. The van der Waals surface area contributed by atoms with Gasteiger partial charge in [-0.2, -0.15) is 5.10 Å². The highest BCUT2D eigenvalue weighted by atomic mass is 35.5. The summed E-state index contributed by atoms with van der Waals surface area (Å²) in [4.78, 5) is 22.4. The summed E-state index contributed by atoms with van der Waals surface area (Å²) in [6, 6.07) is 12.5. The van der Waals surface area contributed by atoms with Crippen molar-refractivity contribution in [2.45, 2.75) is 0 Å². The molecule has 0 atom stereocenters. The van der Waals surface area contributed by atoms with E-state index in [0.29, 0.717) is 16.1 Å². The van der Waals surface area contributed by atoms with Crippen molar-refractivity contribution in [3.63, 3.8) is 0 Å². The Morgan fingerprint density at radius 1 is 1.00 bits per heavy atom. The van der Waals surface area contributed by atoms with E-state index in [-0.39, 0.29) is 11.5 Å². The molecule has 0 aromatic heterocycles. The summed E-state index contributed by atoms with van der Waals surface area (Å²) in [5, 5.41) is 13.1. The maximum atomic E-state index is 11.7. The van der Waals surface area contributed by atoms with Crippen molar-refractivity contribution in [3.8, 4) is 0 Å². The van der Waals surface area contributed by atoms with Crippen LogP contribution in [0.3, 0.4) is 0 Å². The van der Waals surface area contributed by atoms with Crippen LogP contribution in [-0.2, 0) is 0 Å². The van der Waals surface area contributed by atoms with Crippen molar-refractivity contribution in [1.29, 1.82) is 0 Å². The Morgan fingerprint density at radius 2 is 1.57 bits per heavy atom. The molecule has 0 heterocycles. The van der Waals surface area contributed by atoms with Crippen LogP contribution in [0.5, 0.6) is 0 Å². The molecule has 0 spiro atoms. The van der Waals surface area contributed by atoms with Gasteiger partial charge in [0.15, 0.2) is 0 Å². The molecule has 1 amide bonds. The van der Waals surface area contributed by atoms with Crippen LogP contribution in [0.25, 0.3) is 0 Å². The zero-order chi connectivity index (χ0) is 15.2. The molecule has 0 aliphatic heterocycles. The normalized spacial score (nSPS) is 10.5. The minimum atomic E-state index is -0.991. The second-order valence-corrected chi connectivity index (χ2v) is 4.57. The molecule has 0 unspecified atom stereocenters. The van der Waals surface area contributed by atoms with Gasteiger partial charge in [-0.3, -0.25) is 4.79 Å². The summed E-state index contributed by atoms with van der Waals surface area (Å²) in [6.07, 6.45) is 1.43. The number of hydrazone groups is 1. The molecule has 0 saturated carbocycles. The van der Waals surface area contributed by atoms with Crippen LogP contribution in [0.1, 0.15) is 26.3 Å². The van der Waals surface area contributed by atoms with Crippen molar-refractivity contribution in [2.24, 2.45) is 5.10 Å². The Morgan fingerprint density at radius 3 is 2.14 bits per heavy atom. The van der Waals surface area contributed by atoms with Gasteiger partial charge >= 0.3 is 5.97 Å². The number of rotatable bonds is 4. The number of carbonyl (C=O) groups excluding carboxylic acids is 1. The molecule has 0 radical (unpaired) electrons.